The van der Waals surface area contributed by atoms with Gasteiger partial charge in [-0.3, -0.25) is 9.48 Å². The van der Waals surface area contributed by atoms with Crippen LogP contribution in [0.2, 0.25) is 0 Å². The van der Waals surface area contributed by atoms with E-state index in [4.69, 9.17) is 0 Å². The van der Waals surface area contributed by atoms with Crippen molar-refractivity contribution in [2.24, 2.45) is 0 Å². The Hall–Kier alpha value is -3.64. The number of hydrogen-bond acceptors (Lipinski definition) is 5. The van der Waals surface area contributed by atoms with E-state index in [1.54, 1.807) is 0 Å². The molecule has 32 heavy (non-hydrogen) atoms. The third-order valence-electron chi connectivity index (χ3n) is 4.73. The number of amides is 1. The van der Waals surface area contributed by atoms with Gasteiger partial charge in [-0.2, -0.15) is 27.1 Å². The smallest absolute Gasteiger partial charge is 0.417 e. The number of halogens is 6. The Morgan fingerprint density at radius 2 is 2.00 bits per heavy atom. The average Bonchev–Trinajstić information content (AvgIpc) is 3.29. The summed E-state index contributed by atoms with van der Waals surface area (Å²) in [6, 6.07) is 3.72. The Bertz CT molecular complexity index is 1160. The van der Waals surface area contributed by atoms with Crippen molar-refractivity contribution in [1.29, 1.82) is 0 Å². The third-order valence-corrected chi connectivity index (χ3v) is 4.73. The molecule has 4 heterocycles. The number of rotatable bonds is 5. The van der Waals surface area contributed by atoms with Crippen LogP contribution in [0.15, 0.2) is 36.7 Å². The van der Waals surface area contributed by atoms with Gasteiger partial charge in [0.15, 0.2) is 5.82 Å². The molecule has 1 amide bonds. The van der Waals surface area contributed by atoms with Gasteiger partial charge in [-0.1, -0.05) is 0 Å². The second-order valence-corrected chi connectivity index (χ2v) is 6.80. The van der Waals surface area contributed by atoms with Gasteiger partial charge < -0.3 is 10.1 Å². The molecule has 0 bridgehead atoms. The van der Waals surface area contributed by atoms with Crippen LogP contribution in [0, 0.1) is 5.82 Å². The lowest BCUT2D eigenvalue weighted by atomic mass is 10.1. The number of nitrogens with one attached hydrogen (secondary N) is 1. The maximum absolute atomic E-state index is 14.1. The fourth-order valence-electron chi connectivity index (χ4n) is 3.31. The number of aromatic nitrogens is 4. The topological polar surface area (TPSA) is 81.9 Å². The number of carbonyl (C=O) groups excluding carboxylic acids is 1. The predicted octanol–water partition coefficient (Wildman–Crippen LogP) is 3.97. The first kappa shape index (κ1) is 21.6. The summed E-state index contributed by atoms with van der Waals surface area (Å²) in [5.74, 6) is -2.01. The van der Waals surface area contributed by atoms with Gasteiger partial charge in [0.05, 0.1) is 23.6 Å². The van der Waals surface area contributed by atoms with E-state index in [0.29, 0.717) is 30.9 Å². The van der Waals surface area contributed by atoms with Crippen molar-refractivity contribution in [2.45, 2.75) is 31.8 Å². The lowest BCUT2D eigenvalue weighted by Gasteiger charge is -2.12. The molecule has 4 rings (SSSR count). The number of pyridine rings is 2. The maximum atomic E-state index is 14.1. The number of nitrogens with zero attached hydrogens (tertiary/aromatic N) is 4. The minimum Gasteiger partial charge on any atom is -0.417 e. The van der Waals surface area contributed by atoms with Crippen LogP contribution in [-0.4, -0.2) is 32.3 Å². The highest BCUT2D eigenvalue weighted by molar-refractivity contribution is 5.94. The largest absolute Gasteiger partial charge is 0.433 e. The highest BCUT2D eigenvalue weighted by Crippen LogP contribution is 2.34. The van der Waals surface area contributed by atoms with Crippen LogP contribution in [0.5, 0.6) is 5.88 Å². The minimum absolute atomic E-state index is 0.0174. The Balaban J connectivity index is 1.56. The fraction of sp³-hybridized carbons (Fsp3) is 0.263. The summed E-state index contributed by atoms with van der Waals surface area (Å²) < 4.78 is 83.2. The van der Waals surface area contributed by atoms with Crippen molar-refractivity contribution in [2.75, 3.05) is 0 Å². The number of fused-ring (bicyclic) bond motifs is 1. The van der Waals surface area contributed by atoms with Crippen LogP contribution in [0.1, 0.15) is 34.2 Å². The number of aryl methyl sites for hydroxylation is 1. The van der Waals surface area contributed by atoms with Crippen molar-refractivity contribution < 1.29 is 35.9 Å². The van der Waals surface area contributed by atoms with Crippen molar-refractivity contribution >= 4 is 5.91 Å². The van der Waals surface area contributed by atoms with Gasteiger partial charge >= 0.3 is 12.8 Å². The molecule has 0 spiro atoms. The summed E-state index contributed by atoms with van der Waals surface area (Å²) in [7, 11) is 0. The predicted molar refractivity (Wildman–Crippen MR) is 96.1 cm³/mol. The Morgan fingerprint density at radius 3 is 2.72 bits per heavy atom. The molecule has 7 nitrogen and oxygen atoms in total. The molecule has 13 heteroatoms. The SMILES string of the molecule is O=C(NC1CCn2nc(-c3cc(C(F)(F)F)ncc3F)cc21)c1ccnc(OC(F)F)c1. The zero-order chi connectivity index (χ0) is 23.0. The monoisotopic (exact) mass is 457 g/mol. The van der Waals surface area contributed by atoms with Crippen LogP contribution >= 0.6 is 0 Å². The lowest BCUT2D eigenvalue weighted by molar-refractivity contribution is -0.141. The van der Waals surface area contributed by atoms with E-state index in [2.05, 4.69) is 25.1 Å². The fourth-order valence-corrected chi connectivity index (χ4v) is 3.31. The number of ether oxygens (including phenoxy) is 1. The molecular formula is C19H13F6N5O2. The molecule has 1 atom stereocenters. The molecule has 0 radical (unpaired) electrons. The Kier molecular flexibility index (Phi) is 5.48. The number of hydrogen-bond donors (Lipinski definition) is 1. The van der Waals surface area contributed by atoms with Crippen LogP contribution in [0.4, 0.5) is 26.3 Å². The van der Waals surface area contributed by atoms with Gasteiger partial charge in [0.1, 0.15) is 5.69 Å². The summed E-state index contributed by atoms with van der Waals surface area (Å²) in [4.78, 5) is 19.2. The second-order valence-electron chi connectivity index (χ2n) is 6.80. The van der Waals surface area contributed by atoms with Gasteiger partial charge in [0.2, 0.25) is 5.88 Å². The van der Waals surface area contributed by atoms with Crippen LogP contribution in [0.3, 0.4) is 0 Å². The van der Waals surface area contributed by atoms with Crippen molar-refractivity contribution in [1.82, 2.24) is 25.1 Å². The first-order chi connectivity index (χ1) is 15.1. The van der Waals surface area contributed by atoms with E-state index >= 15 is 0 Å². The maximum Gasteiger partial charge on any atom is 0.433 e. The van der Waals surface area contributed by atoms with Gasteiger partial charge in [-0.15, -0.1) is 0 Å². The summed E-state index contributed by atoms with van der Waals surface area (Å²) >= 11 is 0. The van der Waals surface area contributed by atoms with Crippen LogP contribution in [-0.2, 0) is 12.7 Å². The van der Waals surface area contributed by atoms with Crippen molar-refractivity contribution in [3.8, 4) is 17.1 Å². The summed E-state index contributed by atoms with van der Waals surface area (Å²) in [6.07, 6.45) is -2.72. The number of carbonyl (C=O) groups is 1. The average molecular weight is 457 g/mol. The molecule has 0 saturated carbocycles. The minimum atomic E-state index is -4.75. The molecule has 0 aromatic carbocycles. The molecule has 3 aromatic heterocycles. The summed E-state index contributed by atoms with van der Waals surface area (Å²) in [6.45, 7) is -2.77. The first-order valence-corrected chi connectivity index (χ1v) is 9.14. The quantitative estimate of drug-likeness (QED) is 0.587. The van der Waals surface area contributed by atoms with E-state index in [0.717, 1.165) is 12.3 Å². The van der Waals surface area contributed by atoms with E-state index in [1.165, 1.54) is 16.8 Å². The zero-order valence-electron chi connectivity index (χ0n) is 15.9. The molecule has 1 N–H and O–H groups in total. The molecule has 1 aliphatic heterocycles. The van der Waals surface area contributed by atoms with E-state index in [9.17, 15) is 31.1 Å². The van der Waals surface area contributed by atoms with E-state index in [-0.39, 0.29) is 16.8 Å². The van der Waals surface area contributed by atoms with E-state index in [1.807, 2.05) is 0 Å². The zero-order valence-corrected chi connectivity index (χ0v) is 15.9. The molecule has 168 valence electrons. The number of alkyl halides is 5. The second kappa shape index (κ2) is 8.13. The van der Waals surface area contributed by atoms with Gasteiger partial charge in [-0.05, 0) is 24.6 Å². The van der Waals surface area contributed by atoms with Crippen LogP contribution in [0.25, 0.3) is 11.3 Å². The van der Waals surface area contributed by atoms with Gasteiger partial charge in [-0.25, -0.2) is 14.4 Å². The van der Waals surface area contributed by atoms with E-state index < -0.39 is 42.1 Å². The summed E-state index contributed by atoms with van der Waals surface area (Å²) in [5, 5.41) is 6.83. The third kappa shape index (κ3) is 4.36. The Morgan fingerprint density at radius 1 is 1.22 bits per heavy atom. The standard InChI is InChI=1S/C19H13F6N5O2/c20-11-8-27-15(19(23,24)25)6-10(11)13-7-14-12(2-4-30(14)29-13)28-17(31)9-1-3-26-16(5-9)32-18(21)22/h1,3,5-8,12,18H,2,4H2,(H,28,31). The van der Waals surface area contributed by atoms with Gasteiger partial charge in [0, 0.05) is 29.9 Å². The highest BCUT2D eigenvalue weighted by atomic mass is 19.4. The molecule has 0 fully saturated rings. The molecule has 0 aliphatic carbocycles. The molecule has 1 aliphatic rings. The van der Waals surface area contributed by atoms with Gasteiger partial charge in [0.25, 0.3) is 5.91 Å². The lowest BCUT2D eigenvalue weighted by Crippen LogP contribution is -2.27. The first-order valence-electron chi connectivity index (χ1n) is 9.14. The normalized spacial score (nSPS) is 15.7. The molecule has 3 aromatic rings. The molecule has 0 saturated heterocycles. The molecule has 1 unspecified atom stereocenters. The Labute approximate surface area is 176 Å². The molecular weight excluding hydrogens is 444 g/mol. The highest BCUT2D eigenvalue weighted by Gasteiger charge is 2.34. The van der Waals surface area contributed by atoms with Crippen molar-refractivity contribution in [3.05, 3.63) is 59.4 Å². The van der Waals surface area contributed by atoms with Crippen molar-refractivity contribution in [3.63, 3.8) is 0 Å². The van der Waals surface area contributed by atoms with Crippen LogP contribution < -0.4 is 10.1 Å². The summed E-state index contributed by atoms with van der Waals surface area (Å²) in [5.41, 5.74) is -1.20.